The van der Waals surface area contributed by atoms with E-state index in [0.29, 0.717) is 5.92 Å². The lowest BCUT2D eigenvalue weighted by molar-refractivity contribution is 0.373. The van der Waals surface area contributed by atoms with Crippen LogP contribution in [0.25, 0.3) is 10.9 Å². The van der Waals surface area contributed by atoms with Crippen LogP contribution in [-0.4, -0.2) is 23.1 Å². The lowest BCUT2D eigenvalue weighted by atomic mass is 9.89. The molecule has 0 aliphatic heterocycles. The SMILES string of the molecule is Cc1nc(NCC2CCCCC2)c2c(NCC(C)C)cccc2n1. The van der Waals surface area contributed by atoms with Crippen LogP contribution in [0.1, 0.15) is 51.8 Å². The molecular formula is C20H30N4. The number of aryl methyl sites for hydroxylation is 1. The number of aromatic nitrogens is 2. The Morgan fingerprint density at radius 2 is 1.88 bits per heavy atom. The number of hydrogen-bond acceptors (Lipinski definition) is 4. The van der Waals surface area contributed by atoms with Gasteiger partial charge in [0.2, 0.25) is 0 Å². The third kappa shape index (κ3) is 4.16. The van der Waals surface area contributed by atoms with E-state index >= 15 is 0 Å². The molecule has 0 amide bonds. The molecule has 2 N–H and O–H groups in total. The lowest BCUT2D eigenvalue weighted by Gasteiger charge is -2.23. The van der Waals surface area contributed by atoms with Gasteiger partial charge in [-0.1, -0.05) is 39.2 Å². The summed E-state index contributed by atoms with van der Waals surface area (Å²) in [5.41, 5.74) is 2.15. The maximum absolute atomic E-state index is 4.71. The largest absolute Gasteiger partial charge is 0.384 e. The summed E-state index contributed by atoms with van der Waals surface area (Å²) < 4.78 is 0. The molecule has 24 heavy (non-hydrogen) atoms. The topological polar surface area (TPSA) is 49.8 Å². The molecule has 0 spiro atoms. The summed E-state index contributed by atoms with van der Waals surface area (Å²) in [6.45, 7) is 8.39. The summed E-state index contributed by atoms with van der Waals surface area (Å²) in [4.78, 5) is 9.34. The average Bonchev–Trinajstić information content (AvgIpc) is 2.58. The zero-order valence-electron chi connectivity index (χ0n) is 15.2. The summed E-state index contributed by atoms with van der Waals surface area (Å²) in [6, 6.07) is 6.29. The van der Waals surface area contributed by atoms with Crippen molar-refractivity contribution in [3.8, 4) is 0 Å². The first-order valence-corrected chi connectivity index (χ1v) is 9.38. The zero-order valence-corrected chi connectivity index (χ0v) is 15.2. The highest BCUT2D eigenvalue weighted by molar-refractivity contribution is 5.99. The number of anilines is 2. The predicted octanol–water partition coefficient (Wildman–Crippen LogP) is 5.00. The van der Waals surface area contributed by atoms with E-state index in [1.807, 2.05) is 6.92 Å². The molecule has 3 rings (SSSR count). The molecular weight excluding hydrogens is 296 g/mol. The Morgan fingerprint density at radius 1 is 1.08 bits per heavy atom. The first-order chi connectivity index (χ1) is 11.6. The maximum Gasteiger partial charge on any atom is 0.139 e. The average molecular weight is 326 g/mol. The van der Waals surface area contributed by atoms with Gasteiger partial charge in [-0.15, -0.1) is 0 Å². The van der Waals surface area contributed by atoms with Crippen LogP contribution >= 0.6 is 0 Å². The van der Waals surface area contributed by atoms with Crippen molar-refractivity contribution in [2.24, 2.45) is 11.8 Å². The van der Waals surface area contributed by atoms with Gasteiger partial charge in [0.15, 0.2) is 0 Å². The Hall–Kier alpha value is -1.84. The minimum absolute atomic E-state index is 0.602. The van der Waals surface area contributed by atoms with Crippen molar-refractivity contribution >= 4 is 22.4 Å². The normalized spacial score (nSPS) is 15.8. The molecule has 1 heterocycles. The molecule has 1 aromatic carbocycles. The molecule has 4 heteroatoms. The van der Waals surface area contributed by atoms with E-state index < -0.39 is 0 Å². The fraction of sp³-hybridized carbons (Fsp3) is 0.600. The van der Waals surface area contributed by atoms with Gasteiger partial charge in [0.1, 0.15) is 11.6 Å². The fourth-order valence-corrected chi connectivity index (χ4v) is 3.52. The second-order valence-electron chi connectivity index (χ2n) is 7.48. The van der Waals surface area contributed by atoms with E-state index in [2.05, 4.69) is 47.7 Å². The Balaban J connectivity index is 1.86. The predicted molar refractivity (Wildman–Crippen MR) is 103 cm³/mol. The number of nitrogens with zero attached hydrogens (tertiary/aromatic N) is 2. The van der Waals surface area contributed by atoms with Crippen LogP contribution in [0.3, 0.4) is 0 Å². The summed E-state index contributed by atoms with van der Waals surface area (Å²) >= 11 is 0. The van der Waals surface area contributed by atoms with Gasteiger partial charge in [-0.2, -0.15) is 0 Å². The van der Waals surface area contributed by atoms with Crippen molar-refractivity contribution in [2.45, 2.75) is 52.9 Å². The summed E-state index contributed by atoms with van der Waals surface area (Å²) in [7, 11) is 0. The summed E-state index contributed by atoms with van der Waals surface area (Å²) in [6.07, 6.45) is 6.82. The maximum atomic E-state index is 4.71. The Morgan fingerprint density at radius 3 is 2.62 bits per heavy atom. The molecule has 130 valence electrons. The molecule has 1 aliphatic carbocycles. The van der Waals surface area contributed by atoms with Crippen LogP contribution in [0.15, 0.2) is 18.2 Å². The molecule has 1 fully saturated rings. The van der Waals surface area contributed by atoms with Crippen LogP contribution in [-0.2, 0) is 0 Å². The molecule has 1 aromatic heterocycles. The number of hydrogen-bond donors (Lipinski definition) is 2. The van der Waals surface area contributed by atoms with E-state index in [9.17, 15) is 0 Å². The standard InChI is InChI=1S/C20H30N4/c1-14(2)12-21-17-10-7-11-18-19(17)20(24-15(3)23-18)22-13-16-8-5-4-6-9-16/h7,10-11,14,16,21H,4-6,8-9,12-13H2,1-3H3,(H,22,23,24). The molecule has 0 unspecified atom stereocenters. The van der Waals surface area contributed by atoms with Crippen LogP contribution in [0.5, 0.6) is 0 Å². The highest BCUT2D eigenvalue weighted by Gasteiger charge is 2.15. The Bertz CT molecular complexity index is 675. The quantitative estimate of drug-likeness (QED) is 0.784. The second-order valence-corrected chi connectivity index (χ2v) is 7.48. The minimum atomic E-state index is 0.602. The van der Waals surface area contributed by atoms with Gasteiger partial charge in [-0.05, 0) is 43.7 Å². The third-order valence-corrected chi connectivity index (χ3v) is 4.82. The van der Waals surface area contributed by atoms with E-state index in [4.69, 9.17) is 4.98 Å². The van der Waals surface area contributed by atoms with Gasteiger partial charge < -0.3 is 10.6 Å². The summed E-state index contributed by atoms with van der Waals surface area (Å²) in [5, 5.41) is 8.32. The van der Waals surface area contributed by atoms with Gasteiger partial charge >= 0.3 is 0 Å². The van der Waals surface area contributed by atoms with Crippen molar-refractivity contribution in [1.82, 2.24) is 9.97 Å². The summed E-state index contributed by atoms with van der Waals surface area (Å²) in [5.74, 6) is 3.19. The molecule has 1 saturated carbocycles. The molecule has 0 saturated heterocycles. The van der Waals surface area contributed by atoms with Crippen LogP contribution in [0.4, 0.5) is 11.5 Å². The van der Waals surface area contributed by atoms with Gasteiger partial charge in [0, 0.05) is 18.8 Å². The van der Waals surface area contributed by atoms with Gasteiger partial charge in [0.05, 0.1) is 10.9 Å². The Kier molecular flexibility index (Phi) is 5.54. The fourth-order valence-electron chi connectivity index (χ4n) is 3.52. The first-order valence-electron chi connectivity index (χ1n) is 9.38. The van der Waals surface area contributed by atoms with Crippen molar-refractivity contribution < 1.29 is 0 Å². The van der Waals surface area contributed by atoms with Crippen molar-refractivity contribution in [1.29, 1.82) is 0 Å². The molecule has 0 atom stereocenters. The van der Waals surface area contributed by atoms with E-state index in [0.717, 1.165) is 47.2 Å². The van der Waals surface area contributed by atoms with Gasteiger partial charge in [-0.3, -0.25) is 0 Å². The van der Waals surface area contributed by atoms with Crippen LogP contribution in [0.2, 0.25) is 0 Å². The second kappa shape index (κ2) is 7.82. The number of nitrogens with one attached hydrogen (secondary N) is 2. The molecule has 1 aliphatic rings. The third-order valence-electron chi connectivity index (χ3n) is 4.82. The van der Waals surface area contributed by atoms with E-state index in [-0.39, 0.29) is 0 Å². The van der Waals surface area contributed by atoms with Crippen molar-refractivity contribution in [3.05, 3.63) is 24.0 Å². The van der Waals surface area contributed by atoms with E-state index in [1.54, 1.807) is 0 Å². The molecule has 0 radical (unpaired) electrons. The lowest BCUT2D eigenvalue weighted by Crippen LogP contribution is -2.18. The molecule has 0 bridgehead atoms. The molecule has 4 nitrogen and oxygen atoms in total. The first kappa shape index (κ1) is 17.0. The highest BCUT2D eigenvalue weighted by atomic mass is 15.0. The monoisotopic (exact) mass is 326 g/mol. The van der Waals surface area contributed by atoms with Gasteiger partial charge in [-0.25, -0.2) is 9.97 Å². The van der Waals surface area contributed by atoms with Crippen molar-refractivity contribution in [3.63, 3.8) is 0 Å². The Labute approximate surface area is 145 Å². The minimum Gasteiger partial charge on any atom is -0.384 e. The van der Waals surface area contributed by atoms with Crippen LogP contribution < -0.4 is 10.6 Å². The highest BCUT2D eigenvalue weighted by Crippen LogP contribution is 2.30. The zero-order chi connectivity index (χ0) is 16.9. The number of benzene rings is 1. The molecule has 2 aromatic rings. The number of rotatable bonds is 6. The van der Waals surface area contributed by atoms with E-state index in [1.165, 1.54) is 32.1 Å². The van der Waals surface area contributed by atoms with Gasteiger partial charge in [0.25, 0.3) is 0 Å². The number of fused-ring (bicyclic) bond motifs is 1. The van der Waals surface area contributed by atoms with Crippen molar-refractivity contribution in [2.75, 3.05) is 23.7 Å². The van der Waals surface area contributed by atoms with Crippen LogP contribution in [0, 0.1) is 18.8 Å². The smallest absolute Gasteiger partial charge is 0.139 e.